The van der Waals surface area contributed by atoms with Gasteiger partial charge in [0.15, 0.2) is 0 Å². The van der Waals surface area contributed by atoms with Crippen LogP contribution in [0.3, 0.4) is 0 Å². The number of rotatable bonds is 2. The van der Waals surface area contributed by atoms with Crippen molar-refractivity contribution in [2.45, 2.75) is 33.1 Å². The smallest absolute Gasteiger partial charge is 0.146 e. The summed E-state index contributed by atoms with van der Waals surface area (Å²) in [5, 5.41) is 0. The molecule has 0 aliphatic heterocycles. The van der Waals surface area contributed by atoms with Crippen molar-refractivity contribution in [3.63, 3.8) is 0 Å². The van der Waals surface area contributed by atoms with E-state index >= 15 is 0 Å². The van der Waals surface area contributed by atoms with E-state index in [0.29, 0.717) is 5.57 Å². The van der Waals surface area contributed by atoms with Crippen molar-refractivity contribution in [3.05, 3.63) is 11.1 Å². The Hall–Kier alpha value is -0.920. The lowest BCUT2D eigenvalue weighted by Crippen LogP contribution is -2.26. The van der Waals surface area contributed by atoms with Crippen molar-refractivity contribution in [1.29, 1.82) is 0 Å². The molecule has 0 saturated heterocycles. The molecule has 0 aromatic rings. The van der Waals surface area contributed by atoms with E-state index in [1.807, 2.05) is 13.8 Å². The standard InChI is InChI=1S/C10H14O2/c1-8-4-3-5-10(2,7-12)9(8)6-11/h6-7H,3-5H2,1-2H3. The van der Waals surface area contributed by atoms with E-state index in [4.69, 9.17) is 0 Å². The van der Waals surface area contributed by atoms with Crippen LogP contribution in [0.4, 0.5) is 0 Å². The van der Waals surface area contributed by atoms with Gasteiger partial charge in [0.2, 0.25) is 0 Å². The first-order valence-corrected chi connectivity index (χ1v) is 4.26. The fourth-order valence-electron chi connectivity index (χ4n) is 1.84. The number of hydrogen-bond acceptors (Lipinski definition) is 2. The Balaban J connectivity index is 3.10. The molecule has 66 valence electrons. The van der Waals surface area contributed by atoms with E-state index in [0.717, 1.165) is 37.4 Å². The second kappa shape index (κ2) is 3.21. The van der Waals surface area contributed by atoms with E-state index in [9.17, 15) is 9.59 Å². The highest BCUT2D eigenvalue weighted by Crippen LogP contribution is 2.37. The van der Waals surface area contributed by atoms with Gasteiger partial charge < -0.3 is 4.79 Å². The summed E-state index contributed by atoms with van der Waals surface area (Å²) in [5.41, 5.74) is 1.26. The summed E-state index contributed by atoms with van der Waals surface area (Å²) in [6.07, 6.45) is 4.51. The average molecular weight is 166 g/mol. The molecule has 1 unspecified atom stereocenters. The van der Waals surface area contributed by atoms with E-state index in [1.54, 1.807) is 0 Å². The fourth-order valence-corrected chi connectivity index (χ4v) is 1.84. The summed E-state index contributed by atoms with van der Waals surface area (Å²) in [5.74, 6) is 0. The largest absolute Gasteiger partial charge is 0.302 e. The molecular formula is C10H14O2. The molecule has 0 heterocycles. The lowest BCUT2D eigenvalue weighted by atomic mass is 9.73. The third-order valence-corrected chi connectivity index (χ3v) is 2.70. The van der Waals surface area contributed by atoms with Gasteiger partial charge in [-0.05, 0) is 33.1 Å². The number of hydrogen-bond donors (Lipinski definition) is 0. The first-order chi connectivity index (χ1) is 5.64. The predicted molar refractivity (Wildman–Crippen MR) is 46.8 cm³/mol. The molecule has 0 radical (unpaired) electrons. The summed E-state index contributed by atoms with van der Waals surface area (Å²) in [6, 6.07) is 0. The predicted octanol–water partition coefficient (Wildman–Crippen LogP) is 1.89. The first kappa shape index (κ1) is 9.17. The van der Waals surface area contributed by atoms with Crippen LogP contribution in [0.1, 0.15) is 33.1 Å². The van der Waals surface area contributed by atoms with Crippen LogP contribution < -0.4 is 0 Å². The topological polar surface area (TPSA) is 34.1 Å². The quantitative estimate of drug-likeness (QED) is 0.587. The number of carbonyl (C=O) groups is 2. The highest BCUT2D eigenvalue weighted by atomic mass is 16.1. The molecule has 0 fully saturated rings. The molecule has 2 nitrogen and oxygen atoms in total. The van der Waals surface area contributed by atoms with E-state index in [2.05, 4.69) is 0 Å². The second-order valence-corrected chi connectivity index (χ2v) is 3.70. The van der Waals surface area contributed by atoms with Crippen LogP contribution in [0, 0.1) is 5.41 Å². The zero-order chi connectivity index (χ0) is 9.19. The SMILES string of the molecule is CC1=C(C=O)C(C)(C=O)CCC1. The van der Waals surface area contributed by atoms with Crippen molar-refractivity contribution in [2.24, 2.45) is 5.41 Å². The van der Waals surface area contributed by atoms with Crippen molar-refractivity contribution in [3.8, 4) is 0 Å². The maximum Gasteiger partial charge on any atom is 0.146 e. The Labute approximate surface area is 72.7 Å². The highest BCUT2D eigenvalue weighted by molar-refractivity contribution is 5.85. The molecular weight excluding hydrogens is 152 g/mol. The highest BCUT2D eigenvalue weighted by Gasteiger charge is 2.32. The third kappa shape index (κ3) is 1.33. The minimum atomic E-state index is -0.510. The van der Waals surface area contributed by atoms with Crippen LogP contribution >= 0.6 is 0 Å². The van der Waals surface area contributed by atoms with Crippen LogP contribution in [-0.2, 0) is 9.59 Å². The summed E-state index contributed by atoms with van der Waals surface area (Å²) < 4.78 is 0. The second-order valence-electron chi connectivity index (χ2n) is 3.70. The molecule has 1 atom stereocenters. The molecule has 12 heavy (non-hydrogen) atoms. The van der Waals surface area contributed by atoms with Crippen molar-refractivity contribution in [1.82, 2.24) is 0 Å². The van der Waals surface area contributed by atoms with Crippen molar-refractivity contribution < 1.29 is 9.59 Å². The molecule has 0 N–H and O–H groups in total. The Morgan fingerprint density at radius 2 is 2.08 bits per heavy atom. The van der Waals surface area contributed by atoms with Gasteiger partial charge in [0.25, 0.3) is 0 Å². The summed E-state index contributed by atoms with van der Waals surface area (Å²) >= 11 is 0. The van der Waals surface area contributed by atoms with Gasteiger partial charge in [-0.15, -0.1) is 0 Å². The maximum absolute atomic E-state index is 10.8. The lowest BCUT2D eigenvalue weighted by Gasteiger charge is -2.29. The molecule has 0 aromatic carbocycles. The molecule has 1 aliphatic carbocycles. The van der Waals surface area contributed by atoms with Gasteiger partial charge in [-0.3, -0.25) is 4.79 Å². The molecule has 2 heteroatoms. The third-order valence-electron chi connectivity index (χ3n) is 2.70. The van der Waals surface area contributed by atoms with Crippen LogP contribution in [0.5, 0.6) is 0 Å². The van der Waals surface area contributed by atoms with Crippen molar-refractivity contribution >= 4 is 12.6 Å². The van der Waals surface area contributed by atoms with Crippen LogP contribution in [0.15, 0.2) is 11.1 Å². The van der Waals surface area contributed by atoms with Gasteiger partial charge in [-0.2, -0.15) is 0 Å². The Kier molecular flexibility index (Phi) is 2.46. The zero-order valence-corrected chi connectivity index (χ0v) is 7.59. The molecule has 0 bridgehead atoms. The molecule has 1 rings (SSSR count). The Morgan fingerprint density at radius 3 is 2.50 bits per heavy atom. The fraction of sp³-hybridized carbons (Fsp3) is 0.600. The molecule has 0 spiro atoms. The van der Waals surface area contributed by atoms with Crippen LogP contribution in [-0.4, -0.2) is 12.6 Å². The average Bonchev–Trinajstić information content (AvgIpc) is 2.05. The van der Waals surface area contributed by atoms with Gasteiger partial charge in [0, 0.05) is 5.57 Å². The number of allylic oxidation sites excluding steroid dienone is 2. The van der Waals surface area contributed by atoms with E-state index in [1.165, 1.54) is 0 Å². The van der Waals surface area contributed by atoms with Gasteiger partial charge in [-0.25, -0.2) is 0 Å². The minimum Gasteiger partial charge on any atom is -0.302 e. The summed E-state index contributed by atoms with van der Waals surface area (Å²) in [7, 11) is 0. The van der Waals surface area contributed by atoms with Gasteiger partial charge in [0.05, 0.1) is 5.41 Å². The van der Waals surface area contributed by atoms with E-state index < -0.39 is 5.41 Å². The Morgan fingerprint density at radius 1 is 1.42 bits per heavy atom. The summed E-state index contributed by atoms with van der Waals surface area (Å²) in [6.45, 7) is 3.77. The van der Waals surface area contributed by atoms with Gasteiger partial charge >= 0.3 is 0 Å². The molecule has 0 saturated carbocycles. The molecule has 1 aliphatic rings. The number of carbonyl (C=O) groups excluding carboxylic acids is 2. The van der Waals surface area contributed by atoms with Crippen LogP contribution in [0.2, 0.25) is 0 Å². The lowest BCUT2D eigenvalue weighted by molar-refractivity contribution is -0.116. The zero-order valence-electron chi connectivity index (χ0n) is 7.59. The monoisotopic (exact) mass is 166 g/mol. The van der Waals surface area contributed by atoms with Crippen molar-refractivity contribution in [2.75, 3.05) is 0 Å². The van der Waals surface area contributed by atoms with Gasteiger partial charge in [0.1, 0.15) is 12.6 Å². The van der Waals surface area contributed by atoms with E-state index in [-0.39, 0.29) is 0 Å². The van der Waals surface area contributed by atoms with Gasteiger partial charge in [-0.1, -0.05) is 5.57 Å². The normalized spacial score (nSPS) is 30.2. The molecule has 0 amide bonds. The van der Waals surface area contributed by atoms with Crippen LogP contribution in [0.25, 0.3) is 0 Å². The Bertz CT molecular complexity index is 240. The summed E-state index contributed by atoms with van der Waals surface area (Å²) in [4.78, 5) is 21.5. The maximum atomic E-state index is 10.8. The molecule has 0 aromatic heterocycles. The minimum absolute atomic E-state index is 0.510. The number of aldehydes is 2. The first-order valence-electron chi connectivity index (χ1n) is 4.26.